The number of hydrogen-bond acceptors (Lipinski definition) is 4. The molecule has 0 aromatic heterocycles. The molecule has 5 heteroatoms. The number of ether oxygens (including phenoxy) is 3. The summed E-state index contributed by atoms with van der Waals surface area (Å²) in [5.74, 6) is -0.676. The van der Waals surface area contributed by atoms with Crippen molar-refractivity contribution >= 4 is 5.91 Å². The molecule has 1 amide bonds. The summed E-state index contributed by atoms with van der Waals surface area (Å²) in [7, 11) is 0. The van der Waals surface area contributed by atoms with Crippen LogP contribution in [0, 0.1) is 0 Å². The van der Waals surface area contributed by atoms with Crippen LogP contribution in [0.4, 0.5) is 0 Å². The summed E-state index contributed by atoms with van der Waals surface area (Å²) in [5, 5.41) is 0. The minimum atomic E-state index is -0.922. The normalized spacial score (nSPS) is 35.5. The van der Waals surface area contributed by atoms with Crippen LogP contribution >= 0.6 is 0 Å². The van der Waals surface area contributed by atoms with Crippen LogP contribution in [0.5, 0.6) is 0 Å². The quantitative estimate of drug-likeness (QED) is 0.639. The smallest absolute Gasteiger partial charge is 0.287 e. The fourth-order valence-corrected chi connectivity index (χ4v) is 4.65. The Morgan fingerprint density at radius 3 is 2.91 bits per heavy atom. The van der Waals surface area contributed by atoms with Gasteiger partial charge in [-0.05, 0) is 29.6 Å². The van der Waals surface area contributed by atoms with Crippen LogP contribution < -0.4 is 0 Å². The van der Waals surface area contributed by atoms with Gasteiger partial charge >= 0.3 is 0 Å². The third kappa shape index (κ3) is 1.51. The maximum absolute atomic E-state index is 12.5. The molecule has 2 saturated heterocycles. The molecule has 5 aliphatic rings. The first kappa shape index (κ1) is 13.0. The summed E-state index contributed by atoms with van der Waals surface area (Å²) in [6.45, 7) is 2.48. The lowest BCUT2D eigenvalue weighted by Crippen LogP contribution is -2.55. The van der Waals surface area contributed by atoms with Gasteiger partial charge in [-0.25, -0.2) is 0 Å². The fraction of sp³-hybridized carbons (Fsp3) is 0.588. The molecular formula is C17H19NO4. The molecule has 5 rings (SSSR count). The van der Waals surface area contributed by atoms with E-state index in [2.05, 4.69) is 23.1 Å². The molecule has 0 bridgehead atoms. The molecule has 0 radical (unpaired) electrons. The second-order valence-corrected chi connectivity index (χ2v) is 6.58. The summed E-state index contributed by atoms with van der Waals surface area (Å²) >= 11 is 0. The van der Waals surface area contributed by atoms with Gasteiger partial charge in [0, 0.05) is 6.54 Å². The molecule has 5 nitrogen and oxygen atoms in total. The Labute approximate surface area is 129 Å². The van der Waals surface area contributed by atoms with Gasteiger partial charge in [0.05, 0.1) is 38.2 Å². The maximum Gasteiger partial charge on any atom is 0.287 e. The van der Waals surface area contributed by atoms with Crippen LogP contribution in [0.1, 0.15) is 25.7 Å². The zero-order chi connectivity index (χ0) is 14.8. The van der Waals surface area contributed by atoms with Crippen molar-refractivity contribution in [3.05, 3.63) is 34.9 Å². The first-order valence-corrected chi connectivity index (χ1v) is 8.03. The van der Waals surface area contributed by atoms with Crippen LogP contribution in [-0.2, 0) is 19.0 Å². The number of carbonyl (C=O) groups is 1. The monoisotopic (exact) mass is 301 g/mol. The Morgan fingerprint density at radius 2 is 2.05 bits per heavy atom. The largest absolute Gasteiger partial charge is 0.329 e. The molecular weight excluding hydrogens is 282 g/mol. The van der Waals surface area contributed by atoms with Gasteiger partial charge in [-0.3, -0.25) is 4.79 Å². The molecule has 1 aliphatic carbocycles. The maximum atomic E-state index is 12.5. The summed E-state index contributed by atoms with van der Waals surface area (Å²) in [5.41, 5.74) is 3.58. The van der Waals surface area contributed by atoms with Crippen molar-refractivity contribution in [2.45, 2.75) is 37.2 Å². The lowest BCUT2D eigenvalue weighted by Gasteiger charge is -2.50. The van der Waals surface area contributed by atoms with Crippen LogP contribution in [0.2, 0.25) is 0 Å². The van der Waals surface area contributed by atoms with Gasteiger partial charge in [0.15, 0.2) is 0 Å². The molecule has 2 spiro atoms. The number of carbonyl (C=O) groups excluding carboxylic acids is 1. The predicted molar refractivity (Wildman–Crippen MR) is 77.7 cm³/mol. The Balaban J connectivity index is 1.64. The van der Waals surface area contributed by atoms with Gasteiger partial charge in [0.2, 0.25) is 5.91 Å². The van der Waals surface area contributed by atoms with Crippen molar-refractivity contribution in [2.24, 2.45) is 0 Å². The molecule has 0 unspecified atom stereocenters. The Bertz CT molecular complexity index is 641. The lowest BCUT2D eigenvalue weighted by atomic mass is 9.71. The second-order valence-electron chi connectivity index (χ2n) is 6.58. The lowest BCUT2D eigenvalue weighted by molar-refractivity contribution is -0.332. The van der Waals surface area contributed by atoms with Crippen molar-refractivity contribution in [3.63, 3.8) is 0 Å². The van der Waals surface area contributed by atoms with Crippen LogP contribution in [0.15, 0.2) is 34.9 Å². The molecule has 0 aromatic rings. The van der Waals surface area contributed by atoms with Gasteiger partial charge in [0.1, 0.15) is 0 Å². The van der Waals surface area contributed by atoms with Crippen LogP contribution in [0.25, 0.3) is 0 Å². The van der Waals surface area contributed by atoms with Crippen molar-refractivity contribution in [2.75, 3.05) is 26.4 Å². The Morgan fingerprint density at radius 1 is 1.18 bits per heavy atom. The number of rotatable bonds is 0. The van der Waals surface area contributed by atoms with Crippen molar-refractivity contribution in [1.82, 2.24) is 4.90 Å². The minimum Gasteiger partial charge on any atom is -0.329 e. The molecule has 2 fully saturated rings. The van der Waals surface area contributed by atoms with E-state index in [0.29, 0.717) is 32.7 Å². The van der Waals surface area contributed by atoms with E-state index in [0.717, 1.165) is 19.4 Å². The minimum absolute atomic E-state index is 0.246. The van der Waals surface area contributed by atoms with Crippen molar-refractivity contribution < 1.29 is 19.0 Å². The van der Waals surface area contributed by atoms with Gasteiger partial charge in [-0.1, -0.05) is 18.2 Å². The van der Waals surface area contributed by atoms with E-state index >= 15 is 0 Å². The van der Waals surface area contributed by atoms with Crippen LogP contribution in [-0.4, -0.2) is 48.7 Å². The first-order valence-electron chi connectivity index (χ1n) is 8.03. The zero-order valence-corrected chi connectivity index (χ0v) is 12.5. The molecule has 0 N–H and O–H groups in total. The third-order valence-electron chi connectivity index (χ3n) is 5.63. The fourth-order valence-electron chi connectivity index (χ4n) is 4.65. The second kappa shape index (κ2) is 4.31. The summed E-state index contributed by atoms with van der Waals surface area (Å²) in [6, 6.07) is 0. The summed E-state index contributed by atoms with van der Waals surface area (Å²) in [4.78, 5) is 14.6. The predicted octanol–water partition coefficient (Wildman–Crippen LogP) is 1.66. The molecule has 116 valence electrons. The average molecular weight is 301 g/mol. The molecule has 4 heterocycles. The molecule has 0 aromatic carbocycles. The highest BCUT2D eigenvalue weighted by molar-refractivity contribution is 5.87. The van der Waals surface area contributed by atoms with E-state index in [4.69, 9.17) is 14.2 Å². The number of hydrogen-bond donors (Lipinski definition) is 0. The van der Waals surface area contributed by atoms with E-state index in [1.807, 2.05) is 0 Å². The highest BCUT2D eigenvalue weighted by atomic mass is 16.9. The molecule has 22 heavy (non-hydrogen) atoms. The van der Waals surface area contributed by atoms with Gasteiger partial charge in [-0.2, -0.15) is 0 Å². The van der Waals surface area contributed by atoms with E-state index in [1.54, 1.807) is 0 Å². The number of allylic oxidation sites excluding steroid dienone is 2. The Hall–Kier alpha value is -1.43. The molecule has 1 atom stereocenters. The molecule has 4 aliphatic heterocycles. The summed E-state index contributed by atoms with van der Waals surface area (Å²) < 4.78 is 17.4. The van der Waals surface area contributed by atoms with Crippen molar-refractivity contribution in [1.29, 1.82) is 0 Å². The number of nitrogens with zero attached hydrogens (tertiary/aromatic N) is 1. The third-order valence-corrected chi connectivity index (χ3v) is 5.63. The van der Waals surface area contributed by atoms with Gasteiger partial charge < -0.3 is 19.1 Å². The zero-order valence-electron chi connectivity index (χ0n) is 12.5. The highest BCUT2D eigenvalue weighted by Gasteiger charge is 2.57. The van der Waals surface area contributed by atoms with Gasteiger partial charge in [-0.15, -0.1) is 0 Å². The van der Waals surface area contributed by atoms with E-state index in [-0.39, 0.29) is 11.4 Å². The van der Waals surface area contributed by atoms with E-state index in [9.17, 15) is 4.79 Å². The van der Waals surface area contributed by atoms with Gasteiger partial charge in [0.25, 0.3) is 5.97 Å². The van der Waals surface area contributed by atoms with Crippen molar-refractivity contribution in [3.8, 4) is 0 Å². The number of amides is 1. The molecule has 0 saturated carbocycles. The highest BCUT2D eigenvalue weighted by Crippen LogP contribution is 2.53. The SMILES string of the molecule is O=C1CC2=CC=CC[C@@]23C2=C(CCN13)COC1(C2)OCCO1. The summed E-state index contributed by atoms with van der Waals surface area (Å²) in [6.07, 6.45) is 9.27. The average Bonchev–Trinajstić information content (AvgIpc) is 3.10. The van der Waals surface area contributed by atoms with E-state index < -0.39 is 5.97 Å². The van der Waals surface area contributed by atoms with E-state index in [1.165, 1.54) is 16.7 Å². The topological polar surface area (TPSA) is 48.0 Å². The standard InChI is InChI=1S/C17H19NO4/c19-15-9-13-3-1-2-5-16(13)14-10-17(20-7-8-21-17)22-11-12(14)4-6-18(15)16/h1-3H,4-11H2/t16-/m0/s1. The Kier molecular flexibility index (Phi) is 2.56. The van der Waals surface area contributed by atoms with Crippen LogP contribution in [0.3, 0.4) is 0 Å². The first-order chi connectivity index (χ1) is 10.7.